The highest BCUT2D eigenvalue weighted by atomic mass is 16.7. The molecule has 2 fully saturated rings. The fourth-order valence-electron chi connectivity index (χ4n) is 5.55. The van der Waals surface area contributed by atoms with E-state index in [0.29, 0.717) is 13.2 Å². The average Bonchev–Trinajstić information content (AvgIpc) is 3.06. The second-order valence-corrected chi connectivity index (χ2v) is 12.4. The molecule has 46 heavy (non-hydrogen) atoms. The molecule has 2 heterocycles. The van der Waals surface area contributed by atoms with Gasteiger partial charge in [0.05, 0.1) is 26.4 Å². The van der Waals surface area contributed by atoms with Crippen LogP contribution in [0.25, 0.3) is 0 Å². The van der Waals surface area contributed by atoms with E-state index >= 15 is 0 Å². The third-order valence-corrected chi connectivity index (χ3v) is 8.62. The highest BCUT2D eigenvalue weighted by molar-refractivity contribution is 4.90. The summed E-state index contributed by atoms with van der Waals surface area (Å²) in [6.07, 6.45) is -3.54. The minimum Gasteiger partial charge on any atom is -0.394 e. The summed E-state index contributed by atoms with van der Waals surface area (Å²) < 4.78 is 35.2. The Morgan fingerprint density at radius 3 is 1.17 bits per heavy atom. The van der Waals surface area contributed by atoms with Crippen LogP contribution >= 0.6 is 0 Å². The van der Waals surface area contributed by atoms with E-state index in [-0.39, 0.29) is 13.2 Å². The van der Waals surface area contributed by atoms with Gasteiger partial charge in [-0.05, 0) is 12.8 Å². The first-order valence-corrected chi connectivity index (χ1v) is 17.3. The van der Waals surface area contributed by atoms with Crippen molar-refractivity contribution in [2.24, 2.45) is 0 Å². The highest BCUT2D eigenvalue weighted by Crippen LogP contribution is 2.25. The Morgan fingerprint density at radius 2 is 0.826 bits per heavy atom. The van der Waals surface area contributed by atoms with E-state index in [4.69, 9.17) is 28.4 Å². The zero-order valence-corrected chi connectivity index (χ0v) is 27.7. The monoisotopic (exact) mass is 670 g/mol. The molecule has 0 spiro atoms. The van der Waals surface area contributed by atoms with E-state index in [1.54, 1.807) is 0 Å². The fourth-order valence-corrected chi connectivity index (χ4v) is 5.55. The molecule has 0 aliphatic carbocycles. The van der Waals surface area contributed by atoms with Crippen molar-refractivity contribution < 1.29 is 69.3 Å². The number of unbranched alkanes of at least 4 members (excludes halogenated alkanes) is 10. The molecule has 0 aromatic carbocycles. The Kier molecular flexibility index (Phi) is 21.5. The summed E-state index contributed by atoms with van der Waals surface area (Å²) in [6.45, 7) is 3.48. The van der Waals surface area contributed by atoms with Gasteiger partial charge in [-0.3, -0.25) is 0 Å². The second-order valence-electron chi connectivity index (χ2n) is 12.4. The van der Waals surface area contributed by atoms with Crippen molar-refractivity contribution in [1.29, 1.82) is 0 Å². The predicted molar refractivity (Wildman–Crippen MR) is 166 cm³/mol. The van der Waals surface area contributed by atoms with Crippen molar-refractivity contribution in [3.63, 3.8) is 0 Å². The van der Waals surface area contributed by atoms with Gasteiger partial charge in [0.1, 0.15) is 61.0 Å². The molecule has 2 aliphatic rings. The quantitative estimate of drug-likeness (QED) is 0.0605. The molecule has 274 valence electrons. The van der Waals surface area contributed by atoms with Crippen molar-refractivity contribution >= 4 is 0 Å². The van der Waals surface area contributed by atoms with Gasteiger partial charge in [-0.1, -0.05) is 78.1 Å². The molecule has 2 saturated heterocycles. The molecule has 14 heteroatoms. The number of aliphatic hydroxyl groups is 8. The number of hydrogen-bond acceptors (Lipinski definition) is 14. The maximum atomic E-state index is 10.5. The van der Waals surface area contributed by atoms with Gasteiger partial charge >= 0.3 is 0 Å². The lowest BCUT2D eigenvalue weighted by atomic mass is 9.99. The SMILES string of the molecule is CCCCCCCCO[C@H](CO[C@@H]1O[C@H](CO)[C@@H](O)[C@H](O)[C@H]1O)[C@@H](CO[C@@H]1O[C@H](CO)[C@@H](O)[C@H](O)[C@H]1O)OCCCCCCCC. The first kappa shape index (κ1) is 41.6. The van der Waals surface area contributed by atoms with Gasteiger partial charge in [-0.2, -0.15) is 0 Å². The lowest BCUT2D eigenvalue weighted by Crippen LogP contribution is -2.60. The molecule has 0 saturated carbocycles. The Bertz CT molecular complexity index is 686. The first-order valence-electron chi connectivity index (χ1n) is 17.3. The van der Waals surface area contributed by atoms with E-state index in [2.05, 4.69) is 13.8 Å². The molecule has 12 atom stereocenters. The Hall–Kier alpha value is -0.560. The van der Waals surface area contributed by atoms with Crippen LogP contribution in [0.1, 0.15) is 90.9 Å². The lowest BCUT2D eigenvalue weighted by Gasteiger charge is -2.41. The number of ether oxygens (including phenoxy) is 6. The predicted octanol–water partition coefficient (Wildman–Crippen LogP) is 0.111. The van der Waals surface area contributed by atoms with Crippen molar-refractivity contribution in [3.8, 4) is 0 Å². The van der Waals surface area contributed by atoms with E-state index < -0.39 is 86.8 Å². The third-order valence-electron chi connectivity index (χ3n) is 8.62. The van der Waals surface area contributed by atoms with Crippen LogP contribution in [0.4, 0.5) is 0 Å². The maximum Gasteiger partial charge on any atom is 0.186 e. The molecular formula is C32H62O14. The fraction of sp³-hybridized carbons (Fsp3) is 1.00. The molecule has 0 amide bonds. The lowest BCUT2D eigenvalue weighted by molar-refractivity contribution is -0.315. The summed E-state index contributed by atoms with van der Waals surface area (Å²) in [7, 11) is 0. The van der Waals surface area contributed by atoms with Crippen LogP contribution in [0.15, 0.2) is 0 Å². The highest BCUT2D eigenvalue weighted by Gasteiger charge is 2.46. The van der Waals surface area contributed by atoms with Gasteiger partial charge in [0.15, 0.2) is 12.6 Å². The maximum absolute atomic E-state index is 10.5. The summed E-state index contributed by atoms with van der Waals surface area (Å²) >= 11 is 0. The summed E-state index contributed by atoms with van der Waals surface area (Å²) in [5.41, 5.74) is 0. The van der Waals surface area contributed by atoms with Crippen molar-refractivity contribution in [2.75, 3.05) is 39.6 Å². The smallest absolute Gasteiger partial charge is 0.186 e. The first-order chi connectivity index (χ1) is 22.2. The van der Waals surface area contributed by atoms with Crippen LogP contribution in [0, 0.1) is 0 Å². The van der Waals surface area contributed by atoms with Crippen molar-refractivity contribution in [2.45, 2.75) is 165 Å². The Balaban J connectivity index is 2.14. The summed E-state index contributed by atoms with van der Waals surface area (Å²) in [5.74, 6) is 0. The van der Waals surface area contributed by atoms with Crippen LogP contribution in [-0.2, 0) is 28.4 Å². The standard InChI is InChI=1S/C32H62O14/c1-3-5-7-9-11-13-15-41-23(19-43-31-29(39)27(37)25(35)21(17-33)45-31)24(42-16-14-12-10-8-6-4-2)20-44-32-30(40)28(38)26(36)22(18-34)46-32/h21-40H,3-20H2,1-2H3/t21-,22-,23-,24-,25-,26-,27+,28+,29-,30-,31-,32-/m1/s1. The Morgan fingerprint density at radius 1 is 0.478 bits per heavy atom. The van der Waals surface area contributed by atoms with Crippen LogP contribution in [-0.4, -0.2) is 154 Å². The van der Waals surface area contributed by atoms with Crippen LogP contribution < -0.4 is 0 Å². The molecule has 14 nitrogen and oxygen atoms in total. The van der Waals surface area contributed by atoms with Crippen LogP contribution in [0.3, 0.4) is 0 Å². The molecular weight excluding hydrogens is 608 g/mol. The molecule has 0 radical (unpaired) electrons. The number of rotatable bonds is 25. The van der Waals surface area contributed by atoms with Crippen LogP contribution in [0.5, 0.6) is 0 Å². The van der Waals surface area contributed by atoms with Crippen molar-refractivity contribution in [3.05, 3.63) is 0 Å². The minimum absolute atomic E-state index is 0.183. The zero-order valence-electron chi connectivity index (χ0n) is 27.7. The largest absolute Gasteiger partial charge is 0.394 e. The van der Waals surface area contributed by atoms with E-state index in [1.807, 2.05) is 0 Å². The van der Waals surface area contributed by atoms with E-state index in [1.165, 1.54) is 12.8 Å². The van der Waals surface area contributed by atoms with Gasteiger partial charge in [0.2, 0.25) is 0 Å². The summed E-state index contributed by atoms with van der Waals surface area (Å²) in [6, 6.07) is 0. The van der Waals surface area contributed by atoms with E-state index in [0.717, 1.165) is 64.2 Å². The molecule has 2 rings (SSSR count). The molecule has 0 unspecified atom stereocenters. The molecule has 0 aromatic heterocycles. The zero-order chi connectivity index (χ0) is 33.9. The van der Waals surface area contributed by atoms with Gasteiger partial charge in [0.25, 0.3) is 0 Å². The second kappa shape index (κ2) is 23.7. The van der Waals surface area contributed by atoms with Gasteiger partial charge in [-0.15, -0.1) is 0 Å². The Labute approximate surface area is 273 Å². The van der Waals surface area contributed by atoms with Gasteiger partial charge in [-0.25, -0.2) is 0 Å². The molecule has 0 bridgehead atoms. The minimum atomic E-state index is -1.60. The topological polar surface area (TPSA) is 217 Å². The number of hydrogen-bond donors (Lipinski definition) is 8. The summed E-state index contributed by atoms with van der Waals surface area (Å²) in [4.78, 5) is 0. The molecule has 2 aliphatic heterocycles. The van der Waals surface area contributed by atoms with Crippen LogP contribution in [0.2, 0.25) is 0 Å². The normalized spacial score (nSPS) is 33.3. The molecule has 8 N–H and O–H groups in total. The molecule has 0 aromatic rings. The summed E-state index contributed by atoms with van der Waals surface area (Å²) in [5, 5.41) is 80.9. The van der Waals surface area contributed by atoms with Gasteiger partial charge in [0, 0.05) is 13.2 Å². The van der Waals surface area contributed by atoms with Crippen molar-refractivity contribution in [1.82, 2.24) is 0 Å². The van der Waals surface area contributed by atoms with Gasteiger partial charge < -0.3 is 69.3 Å². The number of aliphatic hydroxyl groups excluding tert-OH is 8. The van der Waals surface area contributed by atoms with E-state index in [9.17, 15) is 40.9 Å². The third kappa shape index (κ3) is 13.7. The average molecular weight is 671 g/mol.